The molecule has 1 amide bonds. The second-order valence-electron chi connectivity index (χ2n) is 3.02. The zero-order chi connectivity index (χ0) is 11.4. The van der Waals surface area contributed by atoms with Gasteiger partial charge in [-0.3, -0.25) is 4.79 Å². The first-order valence-corrected chi connectivity index (χ1v) is 4.45. The Morgan fingerprint density at radius 3 is 2.33 bits per heavy atom. The van der Waals surface area contributed by atoms with Gasteiger partial charge in [-0.25, -0.2) is 8.78 Å². The molecule has 0 aliphatic heterocycles. The van der Waals surface area contributed by atoms with Crippen molar-refractivity contribution < 1.29 is 18.3 Å². The van der Waals surface area contributed by atoms with Crippen molar-refractivity contribution >= 4 is 5.91 Å². The van der Waals surface area contributed by atoms with Crippen molar-refractivity contribution in [3.63, 3.8) is 0 Å². The van der Waals surface area contributed by atoms with Gasteiger partial charge in [0.2, 0.25) is 0 Å². The molecule has 0 saturated carbocycles. The van der Waals surface area contributed by atoms with Crippen LogP contribution in [-0.4, -0.2) is 12.0 Å². The molecule has 0 aliphatic rings. The highest BCUT2D eigenvalue weighted by Gasteiger charge is 2.15. The van der Waals surface area contributed by atoms with Crippen molar-refractivity contribution in [1.29, 1.82) is 0 Å². The van der Waals surface area contributed by atoms with E-state index in [-0.39, 0.29) is 5.75 Å². The van der Waals surface area contributed by atoms with Gasteiger partial charge in [-0.2, -0.15) is 0 Å². The SMILES string of the molecule is CCC(Oc1cc(F)cc(F)c1)C(N)=O. The molecule has 0 aliphatic carbocycles. The fourth-order valence-electron chi connectivity index (χ4n) is 1.10. The molecule has 1 aromatic carbocycles. The summed E-state index contributed by atoms with van der Waals surface area (Å²) in [5.41, 5.74) is 5.02. The lowest BCUT2D eigenvalue weighted by molar-refractivity contribution is -0.124. The maximum atomic E-state index is 12.7. The smallest absolute Gasteiger partial charge is 0.258 e. The van der Waals surface area contributed by atoms with E-state index < -0.39 is 23.6 Å². The van der Waals surface area contributed by atoms with Gasteiger partial charge in [-0.05, 0) is 6.42 Å². The Labute approximate surface area is 85.8 Å². The zero-order valence-corrected chi connectivity index (χ0v) is 8.17. The summed E-state index contributed by atoms with van der Waals surface area (Å²) in [5.74, 6) is -2.23. The lowest BCUT2D eigenvalue weighted by Gasteiger charge is -2.13. The Bertz CT molecular complexity index is 348. The van der Waals surface area contributed by atoms with E-state index in [2.05, 4.69) is 0 Å². The second-order valence-corrected chi connectivity index (χ2v) is 3.02. The van der Waals surface area contributed by atoms with Gasteiger partial charge in [0, 0.05) is 18.2 Å². The van der Waals surface area contributed by atoms with Crippen LogP contribution >= 0.6 is 0 Å². The van der Waals surface area contributed by atoms with Gasteiger partial charge in [0.15, 0.2) is 6.10 Å². The second kappa shape index (κ2) is 4.72. The average Bonchev–Trinajstić information content (AvgIpc) is 2.12. The monoisotopic (exact) mass is 215 g/mol. The first-order chi connectivity index (χ1) is 7.02. The summed E-state index contributed by atoms with van der Waals surface area (Å²) in [4.78, 5) is 10.8. The molecule has 15 heavy (non-hydrogen) atoms. The summed E-state index contributed by atoms with van der Waals surface area (Å²) in [5, 5.41) is 0. The number of hydrogen-bond donors (Lipinski definition) is 1. The van der Waals surface area contributed by atoms with E-state index >= 15 is 0 Å². The van der Waals surface area contributed by atoms with E-state index in [0.717, 1.165) is 18.2 Å². The average molecular weight is 215 g/mol. The third-order valence-electron chi connectivity index (χ3n) is 1.80. The molecular formula is C10H11F2NO2. The van der Waals surface area contributed by atoms with Crippen LogP contribution in [0.15, 0.2) is 18.2 Å². The highest BCUT2D eigenvalue weighted by atomic mass is 19.1. The number of hydrogen-bond acceptors (Lipinski definition) is 2. The van der Waals surface area contributed by atoms with Gasteiger partial charge < -0.3 is 10.5 Å². The van der Waals surface area contributed by atoms with Crippen LogP contribution in [0, 0.1) is 11.6 Å². The fourth-order valence-corrected chi connectivity index (χ4v) is 1.10. The van der Waals surface area contributed by atoms with E-state index in [1.165, 1.54) is 0 Å². The van der Waals surface area contributed by atoms with Gasteiger partial charge in [0.25, 0.3) is 5.91 Å². The molecule has 0 heterocycles. The number of halogens is 2. The molecule has 0 aromatic heterocycles. The Kier molecular flexibility index (Phi) is 3.60. The predicted octanol–water partition coefficient (Wildman–Crippen LogP) is 1.61. The van der Waals surface area contributed by atoms with Crippen molar-refractivity contribution in [3.8, 4) is 5.75 Å². The Hall–Kier alpha value is -1.65. The van der Waals surface area contributed by atoms with Gasteiger partial charge in [-0.1, -0.05) is 6.92 Å². The zero-order valence-electron chi connectivity index (χ0n) is 8.17. The predicted molar refractivity (Wildman–Crippen MR) is 50.3 cm³/mol. The molecule has 0 fully saturated rings. The molecule has 1 unspecified atom stereocenters. The van der Waals surface area contributed by atoms with Crippen molar-refractivity contribution in [2.24, 2.45) is 5.73 Å². The van der Waals surface area contributed by atoms with Gasteiger partial charge in [0.1, 0.15) is 17.4 Å². The quantitative estimate of drug-likeness (QED) is 0.829. The molecule has 0 saturated heterocycles. The van der Waals surface area contributed by atoms with Crippen LogP contribution in [0.5, 0.6) is 5.75 Å². The first kappa shape index (κ1) is 11.4. The highest BCUT2D eigenvalue weighted by Crippen LogP contribution is 2.17. The minimum absolute atomic E-state index is 0.0434. The molecule has 2 N–H and O–H groups in total. The lowest BCUT2D eigenvalue weighted by atomic mass is 10.2. The Morgan fingerprint density at radius 2 is 1.93 bits per heavy atom. The Balaban J connectivity index is 2.83. The highest BCUT2D eigenvalue weighted by molar-refractivity contribution is 5.79. The number of ether oxygens (including phenoxy) is 1. The number of amides is 1. The third kappa shape index (κ3) is 3.19. The number of carbonyl (C=O) groups excluding carboxylic acids is 1. The summed E-state index contributed by atoms with van der Waals surface area (Å²) in [6.45, 7) is 1.69. The normalized spacial score (nSPS) is 12.2. The molecular weight excluding hydrogens is 204 g/mol. The van der Waals surface area contributed by atoms with Crippen molar-refractivity contribution in [3.05, 3.63) is 29.8 Å². The fraction of sp³-hybridized carbons (Fsp3) is 0.300. The molecule has 1 aromatic rings. The number of rotatable bonds is 4. The van der Waals surface area contributed by atoms with E-state index in [9.17, 15) is 13.6 Å². The number of nitrogens with two attached hydrogens (primary N) is 1. The molecule has 3 nitrogen and oxygen atoms in total. The maximum Gasteiger partial charge on any atom is 0.258 e. The molecule has 82 valence electrons. The van der Waals surface area contributed by atoms with Crippen LogP contribution in [0.3, 0.4) is 0 Å². The van der Waals surface area contributed by atoms with Crippen molar-refractivity contribution in [1.82, 2.24) is 0 Å². The van der Waals surface area contributed by atoms with Gasteiger partial charge in [-0.15, -0.1) is 0 Å². The summed E-state index contributed by atoms with van der Waals surface area (Å²) in [6.07, 6.45) is -0.529. The first-order valence-electron chi connectivity index (χ1n) is 4.45. The van der Waals surface area contributed by atoms with Crippen LogP contribution < -0.4 is 10.5 Å². The summed E-state index contributed by atoms with van der Waals surface area (Å²) < 4.78 is 30.5. The number of benzene rings is 1. The molecule has 0 spiro atoms. The molecule has 0 radical (unpaired) electrons. The number of primary amides is 1. The molecule has 1 rings (SSSR count). The topological polar surface area (TPSA) is 52.3 Å². The number of carbonyl (C=O) groups is 1. The van der Waals surface area contributed by atoms with E-state index in [4.69, 9.17) is 10.5 Å². The third-order valence-corrected chi connectivity index (χ3v) is 1.80. The molecule has 5 heteroatoms. The molecule has 0 bridgehead atoms. The van der Waals surface area contributed by atoms with Gasteiger partial charge >= 0.3 is 0 Å². The minimum Gasteiger partial charge on any atom is -0.480 e. The van der Waals surface area contributed by atoms with Gasteiger partial charge in [0.05, 0.1) is 0 Å². The summed E-state index contributed by atoms with van der Waals surface area (Å²) >= 11 is 0. The van der Waals surface area contributed by atoms with Crippen LogP contribution in [-0.2, 0) is 4.79 Å². The lowest BCUT2D eigenvalue weighted by Crippen LogP contribution is -2.33. The molecule has 1 atom stereocenters. The Morgan fingerprint density at radius 1 is 1.40 bits per heavy atom. The largest absolute Gasteiger partial charge is 0.480 e. The maximum absolute atomic E-state index is 12.7. The van der Waals surface area contributed by atoms with Crippen molar-refractivity contribution in [2.75, 3.05) is 0 Å². The summed E-state index contributed by atoms with van der Waals surface area (Å²) in [6, 6.07) is 2.71. The van der Waals surface area contributed by atoms with E-state index in [1.807, 2.05) is 0 Å². The summed E-state index contributed by atoms with van der Waals surface area (Å²) in [7, 11) is 0. The van der Waals surface area contributed by atoms with E-state index in [0.29, 0.717) is 6.42 Å². The van der Waals surface area contributed by atoms with Crippen molar-refractivity contribution in [2.45, 2.75) is 19.4 Å². The van der Waals surface area contributed by atoms with Crippen LogP contribution in [0.25, 0.3) is 0 Å². The van der Waals surface area contributed by atoms with E-state index in [1.54, 1.807) is 6.92 Å². The van der Waals surface area contributed by atoms with Crippen LogP contribution in [0.2, 0.25) is 0 Å². The van der Waals surface area contributed by atoms with Crippen LogP contribution in [0.1, 0.15) is 13.3 Å². The minimum atomic E-state index is -0.869. The van der Waals surface area contributed by atoms with Crippen LogP contribution in [0.4, 0.5) is 8.78 Å². The standard InChI is InChI=1S/C10H11F2NO2/c1-2-9(10(13)14)15-8-4-6(11)3-7(12)5-8/h3-5,9H,2H2,1H3,(H2,13,14).